The molecule has 0 radical (unpaired) electrons. The average molecular weight is 359 g/mol. The molecule has 3 rings (SSSR count). The number of nitrogens with zero attached hydrogens (tertiary/aromatic N) is 2. The Morgan fingerprint density at radius 1 is 1.19 bits per heavy atom. The summed E-state index contributed by atoms with van der Waals surface area (Å²) in [7, 11) is 0. The summed E-state index contributed by atoms with van der Waals surface area (Å²) in [6, 6.07) is 14.1. The van der Waals surface area contributed by atoms with Crippen molar-refractivity contribution in [1.29, 1.82) is 5.26 Å². The summed E-state index contributed by atoms with van der Waals surface area (Å²) in [5.74, 6) is -0.287. The zero-order chi connectivity index (χ0) is 14.8. The molecular formula is C16H8BrFN2S. The number of hydrogen-bond donors (Lipinski definition) is 0. The van der Waals surface area contributed by atoms with E-state index in [0.29, 0.717) is 15.9 Å². The van der Waals surface area contributed by atoms with Gasteiger partial charge in [0.05, 0.1) is 11.3 Å². The van der Waals surface area contributed by atoms with E-state index in [1.54, 1.807) is 23.5 Å². The van der Waals surface area contributed by atoms with Crippen LogP contribution in [0.3, 0.4) is 0 Å². The van der Waals surface area contributed by atoms with Gasteiger partial charge in [-0.3, -0.25) is 0 Å². The van der Waals surface area contributed by atoms with Gasteiger partial charge in [0.1, 0.15) is 16.5 Å². The lowest BCUT2D eigenvalue weighted by Gasteiger charge is -2.08. The van der Waals surface area contributed by atoms with Gasteiger partial charge in [0.2, 0.25) is 0 Å². The first kappa shape index (κ1) is 13.9. The number of benzene rings is 1. The molecule has 102 valence electrons. The van der Waals surface area contributed by atoms with Gasteiger partial charge in [-0.2, -0.15) is 5.26 Å². The molecule has 21 heavy (non-hydrogen) atoms. The standard InChI is InChI=1S/C16H8BrFN2S/c17-16-13(9-19)12(15-2-1-7-21-15)8-14(20-16)10-3-5-11(18)6-4-10/h1-8H. The van der Waals surface area contributed by atoms with Crippen molar-refractivity contribution in [2.24, 2.45) is 0 Å². The minimum atomic E-state index is -0.287. The summed E-state index contributed by atoms with van der Waals surface area (Å²) < 4.78 is 13.5. The van der Waals surface area contributed by atoms with Crippen molar-refractivity contribution in [2.45, 2.75) is 0 Å². The molecule has 0 spiro atoms. The predicted octanol–water partition coefficient (Wildman–Crippen LogP) is 5.25. The second-order valence-electron chi connectivity index (χ2n) is 4.32. The van der Waals surface area contributed by atoms with Crippen molar-refractivity contribution >= 4 is 27.3 Å². The van der Waals surface area contributed by atoms with Crippen molar-refractivity contribution in [3.63, 3.8) is 0 Å². The summed E-state index contributed by atoms with van der Waals surface area (Å²) in [4.78, 5) is 5.39. The monoisotopic (exact) mass is 358 g/mol. The van der Waals surface area contributed by atoms with Gasteiger partial charge < -0.3 is 0 Å². The van der Waals surface area contributed by atoms with E-state index >= 15 is 0 Å². The molecule has 5 heteroatoms. The van der Waals surface area contributed by atoms with Crippen molar-refractivity contribution in [1.82, 2.24) is 4.98 Å². The van der Waals surface area contributed by atoms with E-state index in [-0.39, 0.29) is 5.82 Å². The Bertz CT molecular complexity index is 821. The second-order valence-corrected chi connectivity index (χ2v) is 6.02. The van der Waals surface area contributed by atoms with Crippen LogP contribution in [-0.2, 0) is 0 Å². The normalized spacial score (nSPS) is 10.3. The number of rotatable bonds is 2. The molecule has 0 saturated carbocycles. The van der Waals surface area contributed by atoms with E-state index in [1.807, 2.05) is 23.6 Å². The molecule has 0 N–H and O–H groups in total. The van der Waals surface area contributed by atoms with E-state index in [4.69, 9.17) is 0 Å². The average Bonchev–Trinajstić information content (AvgIpc) is 3.01. The van der Waals surface area contributed by atoms with Crippen LogP contribution in [0.1, 0.15) is 5.56 Å². The lowest BCUT2D eigenvalue weighted by Crippen LogP contribution is -1.92. The fourth-order valence-corrected chi connectivity index (χ4v) is 3.26. The smallest absolute Gasteiger partial charge is 0.125 e. The highest BCUT2D eigenvalue weighted by atomic mass is 79.9. The topological polar surface area (TPSA) is 36.7 Å². The number of pyridine rings is 1. The molecule has 0 atom stereocenters. The number of aromatic nitrogens is 1. The van der Waals surface area contributed by atoms with Crippen LogP contribution in [0.15, 0.2) is 52.4 Å². The van der Waals surface area contributed by atoms with Gasteiger partial charge in [-0.25, -0.2) is 9.37 Å². The third-order valence-electron chi connectivity index (χ3n) is 3.01. The number of halogens is 2. The van der Waals surface area contributed by atoms with Crippen LogP contribution in [0.25, 0.3) is 21.7 Å². The Hall–Kier alpha value is -2.03. The van der Waals surface area contributed by atoms with Crippen LogP contribution in [0.2, 0.25) is 0 Å². The van der Waals surface area contributed by atoms with Crippen LogP contribution in [0.5, 0.6) is 0 Å². The summed E-state index contributed by atoms with van der Waals surface area (Å²) in [5.41, 5.74) is 2.83. The number of nitriles is 1. The minimum absolute atomic E-state index is 0.287. The van der Waals surface area contributed by atoms with E-state index in [2.05, 4.69) is 27.0 Å². The van der Waals surface area contributed by atoms with Crippen molar-refractivity contribution in [2.75, 3.05) is 0 Å². The summed E-state index contributed by atoms with van der Waals surface area (Å²) >= 11 is 4.91. The molecule has 0 fully saturated rings. The fraction of sp³-hybridized carbons (Fsp3) is 0. The Labute approximate surface area is 133 Å². The Balaban J connectivity index is 2.21. The molecule has 0 aliphatic rings. The summed E-state index contributed by atoms with van der Waals surface area (Å²) in [5, 5.41) is 11.3. The Kier molecular flexibility index (Phi) is 3.82. The maximum atomic E-state index is 13.0. The van der Waals surface area contributed by atoms with Gasteiger partial charge in [-0.15, -0.1) is 11.3 Å². The number of thiophene rings is 1. The molecule has 0 bridgehead atoms. The maximum Gasteiger partial charge on any atom is 0.125 e. The van der Waals surface area contributed by atoms with Crippen LogP contribution >= 0.6 is 27.3 Å². The summed E-state index contributed by atoms with van der Waals surface area (Å²) in [6.07, 6.45) is 0. The molecule has 3 aromatic rings. The Morgan fingerprint density at radius 2 is 1.95 bits per heavy atom. The number of hydrogen-bond acceptors (Lipinski definition) is 3. The van der Waals surface area contributed by atoms with Crippen molar-refractivity contribution in [3.8, 4) is 27.8 Å². The summed E-state index contributed by atoms with van der Waals surface area (Å²) in [6.45, 7) is 0. The first-order valence-corrected chi connectivity index (χ1v) is 7.77. The van der Waals surface area contributed by atoms with Crippen LogP contribution in [-0.4, -0.2) is 4.98 Å². The third-order valence-corrected chi connectivity index (χ3v) is 4.49. The van der Waals surface area contributed by atoms with Gasteiger partial charge in [0.25, 0.3) is 0 Å². The van der Waals surface area contributed by atoms with E-state index < -0.39 is 0 Å². The zero-order valence-electron chi connectivity index (χ0n) is 10.7. The Morgan fingerprint density at radius 3 is 2.57 bits per heavy atom. The van der Waals surface area contributed by atoms with Gasteiger partial charge in [-0.1, -0.05) is 6.07 Å². The molecular weight excluding hydrogens is 351 g/mol. The third kappa shape index (κ3) is 2.73. The van der Waals surface area contributed by atoms with Crippen LogP contribution in [0, 0.1) is 17.1 Å². The molecule has 0 aliphatic carbocycles. The first-order valence-electron chi connectivity index (χ1n) is 6.09. The molecule has 1 aromatic carbocycles. The van der Waals surface area contributed by atoms with Crippen LogP contribution < -0.4 is 0 Å². The van der Waals surface area contributed by atoms with Crippen LogP contribution in [0.4, 0.5) is 4.39 Å². The molecule has 0 unspecified atom stereocenters. The minimum Gasteiger partial charge on any atom is -0.239 e. The van der Waals surface area contributed by atoms with Gasteiger partial charge in [0.15, 0.2) is 0 Å². The highest BCUT2D eigenvalue weighted by Gasteiger charge is 2.14. The highest BCUT2D eigenvalue weighted by Crippen LogP contribution is 2.34. The quantitative estimate of drug-likeness (QED) is 0.586. The lowest BCUT2D eigenvalue weighted by atomic mass is 10.0. The van der Waals surface area contributed by atoms with E-state index in [9.17, 15) is 9.65 Å². The zero-order valence-corrected chi connectivity index (χ0v) is 13.1. The molecule has 2 heterocycles. The second kappa shape index (κ2) is 5.76. The van der Waals surface area contributed by atoms with Gasteiger partial charge in [-0.05, 0) is 57.7 Å². The van der Waals surface area contributed by atoms with Crippen molar-refractivity contribution < 1.29 is 4.39 Å². The van der Waals surface area contributed by atoms with E-state index in [0.717, 1.165) is 16.0 Å². The fourth-order valence-electron chi connectivity index (χ4n) is 2.01. The molecule has 0 aliphatic heterocycles. The molecule has 0 saturated heterocycles. The SMILES string of the molecule is N#Cc1c(-c2cccs2)cc(-c2ccc(F)cc2)nc1Br. The van der Waals surface area contributed by atoms with Gasteiger partial charge >= 0.3 is 0 Å². The van der Waals surface area contributed by atoms with Gasteiger partial charge in [0, 0.05) is 16.0 Å². The largest absolute Gasteiger partial charge is 0.239 e. The molecule has 0 amide bonds. The molecule has 2 aromatic heterocycles. The molecule has 2 nitrogen and oxygen atoms in total. The maximum absolute atomic E-state index is 13.0. The van der Waals surface area contributed by atoms with E-state index in [1.165, 1.54) is 12.1 Å². The lowest BCUT2D eigenvalue weighted by molar-refractivity contribution is 0.628. The highest BCUT2D eigenvalue weighted by molar-refractivity contribution is 9.10. The first-order chi connectivity index (χ1) is 10.2. The van der Waals surface area contributed by atoms with Crippen molar-refractivity contribution in [3.05, 3.63) is 63.8 Å². The predicted molar refractivity (Wildman–Crippen MR) is 85.4 cm³/mol.